The maximum absolute atomic E-state index is 12.6. The number of aromatic nitrogens is 1. The lowest BCUT2D eigenvalue weighted by atomic mass is 9.69. The fourth-order valence-electron chi connectivity index (χ4n) is 3.35. The van der Waals surface area contributed by atoms with Gasteiger partial charge in [-0.25, -0.2) is 0 Å². The largest absolute Gasteiger partial charge is 0.497 e. The number of ether oxygens (including phenoxy) is 1. The fraction of sp³-hybridized carbons (Fsp3) is 0.526. The number of pyridine rings is 1. The highest BCUT2D eigenvalue weighted by molar-refractivity contribution is 5.72. The van der Waals surface area contributed by atoms with Gasteiger partial charge in [0, 0.05) is 7.05 Å². The normalized spacial score (nSPS) is 18.2. The van der Waals surface area contributed by atoms with Gasteiger partial charge < -0.3 is 9.30 Å². The lowest BCUT2D eigenvalue weighted by Crippen LogP contribution is -2.31. The van der Waals surface area contributed by atoms with Crippen LogP contribution in [0.5, 0.6) is 0 Å². The van der Waals surface area contributed by atoms with Crippen LogP contribution in [0, 0.1) is 5.41 Å². The minimum atomic E-state index is -0.0488. The van der Waals surface area contributed by atoms with E-state index in [0.29, 0.717) is 17.2 Å². The van der Waals surface area contributed by atoms with Gasteiger partial charge in [-0.05, 0) is 48.8 Å². The molecule has 0 bridgehead atoms. The van der Waals surface area contributed by atoms with E-state index in [1.54, 1.807) is 11.7 Å². The Labute approximate surface area is 133 Å². The molecule has 3 nitrogen and oxygen atoms in total. The van der Waals surface area contributed by atoms with Gasteiger partial charge in [0.2, 0.25) is 0 Å². The summed E-state index contributed by atoms with van der Waals surface area (Å²) in [4.78, 5) is 12.6. The van der Waals surface area contributed by atoms with Gasteiger partial charge in [-0.3, -0.25) is 4.79 Å². The van der Waals surface area contributed by atoms with Crippen LogP contribution in [0.2, 0.25) is 0 Å². The molecule has 3 heteroatoms. The molecule has 0 saturated heterocycles. The van der Waals surface area contributed by atoms with Crippen molar-refractivity contribution in [3.63, 3.8) is 0 Å². The molecule has 0 saturated carbocycles. The van der Waals surface area contributed by atoms with Crippen LogP contribution in [-0.4, -0.2) is 11.7 Å². The molecule has 0 aliphatic heterocycles. The van der Waals surface area contributed by atoms with Crippen LogP contribution >= 0.6 is 0 Å². The van der Waals surface area contributed by atoms with Gasteiger partial charge in [0.05, 0.1) is 18.4 Å². The van der Waals surface area contributed by atoms with Gasteiger partial charge in [0.25, 0.3) is 5.56 Å². The van der Waals surface area contributed by atoms with Gasteiger partial charge in [0.15, 0.2) is 0 Å². The van der Waals surface area contributed by atoms with Crippen molar-refractivity contribution in [3.05, 3.63) is 45.4 Å². The first kappa shape index (κ1) is 16.6. The number of hydrogen-bond donors (Lipinski definition) is 0. The van der Waals surface area contributed by atoms with Crippen LogP contribution in [0.25, 0.3) is 11.3 Å². The summed E-state index contributed by atoms with van der Waals surface area (Å²) in [6.45, 7) is 14.9. The molecule has 1 aliphatic rings. The van der Waals surface area contributed by atoms with Gasteiger partial charge in [-0.15, -0.1) is 0 Å². The predicted molar refractivity (Wildman–Crippen MR) is 92.8 cm³/mol. The Kier molecular flexibility index (Phi) is 4.12. The van der Waals surface area contributed by atoms with Crippen molar-refractivity contribution < 1.29 is 4.74 Å². The van der Waals surface area contributed by atoms with Gasteiger partial charge >= 0.3 is 0 Å². The van der Waals surface area contributed by atoms with Gasteiger partial charge in [-0.2, -0.15) is 0 Å². The first-order chi connectivity index (χ1) is 10.1. The average molecular weight is 301 g/mol. The summed E-state index contributed by atoms with van der Waals surface area (Å²) in [5.74, 6) is 0.807. The van der Waals surface area contributed by atoms with Crippen molar-refractivity contribution in [3.8, 4) is 0 Å². The highest BCUT2D eigenvalue weighted by Crippen LogP contribution is 2.46. The summed E-state index contributed by atoms with van der Waals surface area (Å²) < 4.78 is 6.97. The third kappa shape index (κ3) is 2.53. The number of allylic oxidation sites excluding steroid dienone is 2. The van der Waals surface area contributed by atoms with Crippen molar-refractivity contribution in [2.45, 2.75) is 47.0 Å². The van der Waals surface area contributed by atoms with E-state index in [9.17, 15) is 4.79 Å². The second kappa shape index (κ2) is 5.45. The van der Waals surface area contributed by atoms with Crippen LogP contribution in [0.4, 0.5) is 0 Å². The number of fused-ring (bicyclic) bond motifs is 1. The van der Waals surface area contributed by atoms with Gasteiger partial charge in [-0.1, -0.05) is 32.9 Å². The van der Waals surface area contributed by atoms with Crippen LogP contribution in [0.1, 0.15) is 63.8 Å². The molecule has 0 N–H and O–H groups in total. The molecular weight excluding hydrogens is 274 g/mol. The SMILES string of the molecule is C=C(OC)c1cc2c(n(C)c1=O)C(C)=C(C)CC2C(C)(C)C. The average Bonchev–Trinajstić information content (AvgIpc) is 2.43. The maximum Gasteiger partial charge on any atom is 0.261 e. The summed E-state index contributed by atoms with van der Waals surface area (Å²) in [6.07, 6.45) is 1.03. The van der Waals surface area contributed by atoms with Crippen LogP contribution < -0.4 is 5.56 Å². The molecule has 120 valence electrons. The second-order valence-corrected chi connectivity index (χ2v) is 7.38. The number of hydrogen-bond acceptors (Lipinski definition) is 2. The molecule has 1 heterocycles. The number of methoxy groups -OCH3 is 1. The molecule has 1 aromatic heterocycles. The molecule has 0 radical (unpaired) electrons. The highest BCUT2D eigenvalue weighted by Gasteiger charge is 2.34. The molecule has 1 aromatic rings. The van der Waals surface area contributed by atoms with Crippen molar-refractivity contribution in [2.75, 3.05) is 7.11 Å². The summed E-state index contributed by atoms with van der Waals surface area (Å²) in [5, 5.41) is 0. The first-order valence-electron chi connectivity index (χ1n) is 7.73. The molecule has 1 aliphatic carbocycles. The van der Waals surface area contributed by atoms with E-state index in [0.717, 1.165) is 12.1 Å². The minimum absolute atomic E-state index is 0.0488. The molecule has 0 amide bonds. The Bertz CT molecular complexity index is 714. The van der Waals surface area contributed by atoms with E-state index in [1.807, 2.05) is 13.1 Å². The monoisotopic (exact) mass is 301 g/mol. The summed E-state index contributed by atoms with van der Waals surface area (Å²) in [6, 6.07) is 2.00. The van der Waals surface area contributed by atoms with E-state index < -0.39 is 0 Å². The maximum atomic E-state index is 12.6. The molecular formula is C19H27NO2. The quantitative estimate of drug-likeness (QED) is 0.761. The molecule has 2 rings (SSSR count). The van der Waals surface area contributed by atoms with Crippen molar-refractivity contribution >= 4 is 11.3 Å². The Morgan fingerprint density at radius 3 is 2.45 bits per heavy atom. The first-order valence-corrected chi connectivity index (χ1v) is 7.73. The number of rotatable bonds is 2. The minimum Gasteiger partial charge on any atom is -0.497 e. The summed E-state index contributed by atoms with van der Waals surface area (Å²) >= 11 is 0. The van der Waals surface area contributed by atoms with Crippen molar-refractivity contribution in [1.29, 1.82) is 0 Å². The Balaban J connectivity index is 2.84. The highest BCUT2D eigenvalue weighted by atomic mass is 16.5. The van der Waals surface area contributed by atoms with E-state index in [-0.39, 0.29) is 11.0 Å². The Morgan fingerprint density at radius 1 is 1.36 bits per heavy atom. The third-order valence-electron chi connectivity index (χ3n) is 4.92. The predicted octanol–water partition coefficient (Wildman–Crippen LogP) is 4.33. The fourth-order valence-corrected chi connectivity index (χ4v) is 3.35. The Morgan fingerprint density at radius 2 is 1.95 bits per heavy atom. The van der Waals surface area contributed by atoms with Crippen LogP contribution in [0.3, 0.4) is 0 Å². The lowest BCUT2D eigenvalue weighted by molar-refractivity contribution is 0.312. The Hall–Kier alpha value is -1.77. The smallest absolute Gasteiger partial charge is 0.261 e. The second-order valence-electron chi connectivity index (χ2n) is 7.38. The summed E-state index contributed by atoms with van der Waals surface area (Å²) in [7, 11) is 3.40. The molecule has 0 aromatic carbocycles. The third-order valence-corrected chi connectivity index (χ3v) is 4.92. The number of nitrogens with zero attached hydrogens (tertiary/aromatic N) is 1. The zero-order valence-corrected chi connectivity index (χ0v) is 14.8. The van der Waals surface area contributed by atoms with Crippen LogP contribution in [0.15, 0.2) is 23.0 Å². The molecule has 22 heavy (non-hydrogen) atoms. The van der Waals surface area contributed by atoms with E-state index >= 15 is 0 Å². The standard InChI is InChI=1S/C19H27NO2/c1-11-9-16(19(4,5)6)15-10-14(13(3)22-8)18(21)20(7)17(15)12(11)2/h10,16H,3,9H2,1-2,4-8H3. The van der Waals surface area contributed by atoms with E-state index in [1.165, 1.54) is 16.7 Å². The molecule has 1 unspecified atom stereocenters. The topological polar surface area (TPSA) is 31.2 Å². The zero-order valence-electron chi connectivity index (χ0n) is 14.8. The summed E-state index contributed by atoms with van der Waals surface area (Å²) in [5.41, 5.74) is 5.50. The zero-order chi connectivity index (χ0) is 16.8. The van der Waals surface area contributed by atoms with E-state index in [4.69, 9.17) is 4.74 Å². The molecule has 1 atom stereocenters. The molecule has 0 fully saturated rings. The van der Waals surface area contributed by atoms with Crippen LogP contribution in [-0.2, 0) is 11.8 Å². The van der Waals surface area contributed by atoms with Crippen molar-refractivity contribution in [2.24, 2.45) is 12.5 Å². The lowest BCUT2D eigenvalue weighted by Gasteiger charge is -2.37. The van der Waals surface area contributed by atoms with E-state index in [2.05, 4.69) is 41.2 Å². The van der Waals surface area contributed by atoms with Gasteiger partial charge in [0.1, 0.15) is 5.76 Å². The van der Waals surface area contributed by atoms with Crippen molar-refractivity contribution in [1.82, 2.24) is 4.57 Å². The molecule has 0 spiro atoms.